The van der Waals surface area contributed by atoms with Crippen molar-refractivity contribution in [1.82, 2.24) is 4.98 Å². The summed E-state index contributed by atoms with van der Waals surface area (Å²) < 4.78 is 11.0. The lowest BCUT2D eigenvalue weighted by Gasteiger charge is -2.08. The van der Waals surface area contributed by atoms with Gasteiger partial charge in [0.05, 0.1) is 6.20 Å². The van der Waals surface area contributed by atoms with Gasteiger partial charge in [0, 0.05) is 6.42 Å². The van der Waals surface area contributed by atoms with E-state index < -0.39 is 0 Å². The second kappa shape index (κ2) is 7.28. The smallest absolute Gasteiger partial charge is 0.180 e. The third-order valence-electron chi connectivity index (χ3n) is 2.71. The molecule has 0 saturated heterocycles. The zero-order valence-corrected chi connectivity index (χ0v) is 11.4. The fraction of sp³-hybridized carbons (Fsp3) is 0.250. The topological polar surface area (TPSA) is 48.4 Å². The number of para-hydroxylation sites is 1. The molecular weight excluding hydrogens is 254 g/mol. The van der Waals surface area contributed by atoms with Crippen molar-refractivity contribution in [2.75, 3.05) is 13.2 Å². The van der Waals surface area contributed by atoms with Gasteiger partial charge in [0.1, 0.15) is 30.4 Å². The van der Waals surface area contributed by atoms with Crippen LogP contribution >= 0.6 is 0 Å². The predicted octanol–water partition coefficient (Wildman–Crippen LogP) is 3.13. The van der Waals surface area contributed by atoms with Crippen LogP contribution in [0.1, 0.15) is 23.8 Å². The maximum Gasteiger partial charge on any atom is 0.180 e. The Hall–Kier alpha value is -2.36. The lowest BCUT2D eigenvalue weighted by atomic mass is 10.2. The second-order valence-corrected chi connectivity index (χ2v) is 4.17. The Morgan fingerprint density at radius 2 is 1.70 bits per heavy atom. The molecule has 1 aromatic heterocycles. The summed E-state index contributed by atoms with van der Waals surface area (Å²) in [6.07, 6.45) is 2.02. The zero-order chi connectivity index (χ0) is 14.2. The molecule has 2 aromatic rings. The molecule has 0 aliphatic rings. The number of pyridine rings is 1. The van der Waals surface area contributed by atoms with E-state index in [4.69, 9.17) is 9.47 Å². The second-order valence-electron chi connectivity index (χ2n) is 4.17. The standard InChI is InChI=1S/C16H17NO3/c1-2-16(18)15-9-8-14(12-17-15)20-11-10-19-13-6-4-3-5-7-13/h3-9,12H,2,10-11H2,1H3. The van der Waals surface area contributed by atoms with Crippen LogP contribution in [0.15, 0.2) is 48.7 Å². The summed E-state index contributed by atoms with van der Waals surface area (Å²) in [6.45, 7) is 2.70. The number of benzene rings is 1. The first-order chi connectivity index (χ1) is 9.79. The molecule has 0 spiro atoms. The minimum Gasteiger partial charge on any atom is -0.490 e. The number of nitrogens with zero attached hydrogens (tertiary/aromatic N) is 1. The summed E-state index contributed by atoms with van der Waals surface area (Å²) in [5, 5.41) is 0. The van der Waals surface area contributed by atoms with Crippen molar-refractivity contribution in [3.8, 4) is 11.5 Å². The molecule has 0 fully saturated rings. The summed E-state index contributed by atoms with van der Waals surface area (Å²) in [6, 6.07) is 13.0. The molecule has 0 aliphatic heterocycles. The molecule has 0 N–H and O–H groups in total. The predicted molar refractivity (Wildman–Crippen MR) is 76.3 cm³/mol. The van der Waals surface area contributed by atoms with Gasteiger partial charge in [0.2, 0.25) is 0 Å². The first-order valence-electron chi connectivity index (χ1n) is 6.59. The van der Waals surface area contributed by atoms with Crippen LogP contribution < -0.4 is 9.47 Å². The maximum absolute atomic E-state index is 11.4. The fourth-order valence-corrected chi connectivity index (χ4v) is 1.65. The molecule has 4 nitrogen and oxygen atoms in total. The first kappa shape index (κ1) is 14.1. The number of carbonyl (C=O) groups excluding carboxylic acids is 1. The number of aromatic nitrogens is 1. The number of rotatable bonds is 7. The van der Waals surface area contributed by atoms with E-state index >= 15 is 0 Å². The summed E-state index contributed by atoms with van der Waals surface area (Å²) in [4.78, 5) is 15.5. The van der Waals surface area contributed by atoms with E-state index in [1.807, 2.05) is 37.3 Å². The Kier molecular flexibility index (Phi) is 5.12. The van der Waals surface area contributed by atoms with Gasteiger partial charge < -0.3 is 9.47 Å². The van der Waals surface area contributed by atoms with Crippen molar-refractivity contribution < 1.29 is 14.3 Å². The van der Waals surface area contributed by atoms with E-state index in [1.54, 1.807) is 18.3 Å². The Bertz CT molecular complexity index is 537. The van der Waals surface area contributed by atoms with Crippen LogP contribution in [0.5, 0.6) is 11.5 Å². The average molecular weight is 271 g/mol. The van der Waals surface area contributed by atoms with Gasteiger partial charge >= 0.3 is 0 Å². The van der Waals surface area contributed by atoms with Gasteiger partial charge in [-0.2, -0.15) is 0 Å². The largest absolute Gasteiger partial charge is 0.490 e. The number of ketones is 1. The molecule has 0 unspecified atom stereocenters. The summed E-state index contributed by atoms with van der Waals surface area (Å²) >= 11 is 0. The van der Waals surface area contributed by atoms with Gasteiger partial charge in [0.25, 0.3) is 0 Å². The molecule has 104 valence electrons. The van der Waals surface area contributed by atoms with Crippen LogP contribution in [-0.4, -0.2) is 24.0 Å². The van der Waals surface area contributed by atoms with Crippen molar-refractivity contribution in [2.45, 2.75) is 13.3 Å². The van der Waals surface area contributed by atoms with Crippen molar-refractivity contribution in [2.24, 2.45) is 0 Å². The highest BCUT2D eigenvalue weighted by atomic mass is 16.5. The Morgan fingerprint density at radius 1 is 1.00 bits per heavy atom. The first-order valence-corrected chi connectivity index (χ1v) is 6.59. The SMILES string of the molecule is CCC(=O)c1ccc(OCCOc2ccccc2)cn1. The highest BCUT2D eigenvalue weighted by Gasteiger charge is 2.04. The van der Waals surface area contributed by atoms with E-state index in [2.05, 4.69) is 4.98 Å². The number of ether oxygens (including phenoxy) is 2. The van der Waals surface area contributed by atoms with Crippen LogP contribution in [0.25, 0.3) is 0 Å². The Labute approximate surface area is 118 Å². The normalized spacial score (nSPS) is 10.1. The molecule has 1 heterocycles. The van der Waals surface area contributed by atoms with E-state index in [9.17, 15) is 4.79 Å². The lowest BCUT2D eigenvalue weighted by molar-refractivity contribution is 0.0983. The highest BCUT2D eigenvalue weighted by Crippen LogP contribution is 2.11. The quantitative estimate of drug-likeness (QED) is 0.573. The van der Waals surface area contributed by atoms with E-state index in [1.165, 1.54) is 0 Å². The molecular formula is C16H17NO3. The van der Waals surface area contributed by atoms with Crippen LogP contribution in [0.2, 0.25) is 0 Å². The molecule has 0 aliphatic carbocycles. The third-order valence-corrected chi connectivity index (χ3v) is 2.71. The Balaban J connectivity index is 1.75. The molecule has 2 rings (SSSR count). The van der Waals surface area contributed by atoms with Crippen LogP contribution in [0.3, 0.4) is 0 Å². The maximum atomic E-state index is 11.4. The number of Topliss-reactive ketones (excluding diaryl/α,β-unsaturated/α-hetero) is 1. The van der Waals surface area contributed by atoms with Crippen molar-refractivity contribution in [3.05, 3.63) is 54.4 Å². The molecule has 0 bridgehead atoms. The molecule has 1 aromatic carbocycles. The minimum atomic E-state index is 0.0314. The van der Waals surface area contributed by atoms with Gasteiger partial charge in [-0.1, -0.05) is 25.1 Å². The fourth-order valence-electron chi connectivity index (χ4n) is 1.65. The van der Waals surface area contributed by atoms with Crippen molar-refractivity contribution in [1.29, 1.82) is 0 Å². The van der Waals surface area contributed by atoms with Gasteiger partial charge in [-0.05, 0) is 24.3 Å². The molecule has 20 heavy (non-hydrogen) atoms. The van der Waals surface area contributed by atoms with Gasteiger partial charge in [-0.3, -0.25) is 4.79 Å². The molecule has 0 saturated carbocycles. The van der Waals surface area contributed by atoms with Crippen molar-refractivity contribution in [3.63, 3.8) is 0 Å². The van der Waals surface area contributed by atoms with Gasteiger partial charge in [-0.25, -0.2) is 4.98 Å². The molecule has 0 atom stereocenters. The van der Waals surface area contributed by atoms with Crippen LogP contribution in [-0.2, 0) is 0 Å². The summed E-state index contributed by atoms with van der Waals surface area (Å²) in [5.74, 6) is 1.48. The summed E-state index contributed by atoms with van der Waals surface area (Å²) in [5.41, 5.74) is 0.473. The molecule has 0 amide bonds. The number of carbonyl (C=O) groups is 1. The zero-order valence-electron chi connectivity index (χ0n) is 11.4. The van der Waals surface area contributed by atoms with Gasteiger partial charge in [0.15, 0.2) is 5.78 Å². The summed E-state index contributed by atoms with van der Waals surface area (Å²) in [7, 11) is 0. The average Bonchev–Trinajstić information content (AvgIpc) is 2.52. The molecule has 4 heteroatoms. The Morgan fingerprint density at radius 3 is 2.30 bits per heavy atom. The highest BCUT2D eigenvalue weighted by molar-refractivity contribution is 5.93. The van der Waals surface area contributed by atoms with Crippen LogP contribution in [0.4, 0.5) is 0 Å². The van der Waals surface area contributed by atoms with Crippen LogP contribution in [0, 0.1) is 0 Å². The van der Waals surface area contributed by atoms with E-state index in [0.29, 0.717) is 31.1 Å². The van der Waals surface area contributed by atoms with E-state index in [-0.39, 0.29) is 5.78 Å². The van der Waals surface area contributed by atoms with E-state index in [0.717, 1.165) is 5.75 Å². The van der Waals surface area contributed by atoms with Crippen molar-refractivity contribution >= 4 is 5.78 Å². The number of hydrogen-bond donors (Lipinski definition) is 0. The minimum absolute atomic E-state index is 0.0314. The van der Waals surface area contributed by atoms with Gasteiger partial charge in [-0.15, -0.1) is 0 Å². The molecule has 0 radical (unpaired) electrons. The lowest BCUT2D eigenvalue weighted by Crippen LogP contribution is -2.09. The monoisotopic (exact) mass is 271 g/mol. The third kappa shape index (κ3) is 4.09. The number of hydrogen-bond acceptors (Lipinski definition) is 4.